The molecular weight excluding hydrogens is 268 g/mol. The van der Waals surface area contributed by atoms with Crippen LogP contribution in [0.1, 0.15) is 5.56 Å². The molecule has 1 aliphatic heterocycles. The maximum absolute atomic E-state index is 12.2. The molecule has 5 heteroatoms. The van der Waals surface area contributed by atoms with Crippen LogP contribution in [-0.4, -0.2) is 34.9 Å². The van der Waals surface area contributed by atoms with Crippen LogP contribution < -0.4 is 0 Å². The van der Waals surface area contributed by atoms with Gasteiger partial charge in [0.1, 0.15) is 6.04 Å². The lowest BCUT2D eigenvalue weighted by Crippen LogP contribution is -2.46. The van der Waals surface area contributed by atoms with Crippen LogP contribution in [0.4, 0.5) is 0 Å². The molecule has 0 bridgehead atoms. The maximum Gasteiger partial charge on any atom is 0.228 e. The Hall–Kier alpha value is -1.18. The average Bonchev–Trinajstić information content (AvgIpc) is 2.38. The van der Waals surface area contributed by atoms with Crippen molar-refractivity contribution in [3.05, 3.63) is 34.9 Å². The van der Waals surface area contributed by atoms with Crippen LogP contribution in [-0.2, 0) is 11.2 Å². The summed E-state index contributed by atoms with van der Waals surface area (Å²) in [6.45, 7) is 0.655. The standard InChI is InChI=1S/C13H13ClN2OS/c14-11-3-1-2-10(6-11)7-13(17)16-4-5-18-9-12(16)8-15/h1-3,6,12H,4-5,7,9H2/t12-/m1/s1. The summed E-state index contributed by atoms with van der Waals surface area (Å²) < 4.78 is 0. The second kappa shape index (κ2) is 6.12. The normalized spacial score (nSPS) is 19.3. The highest BCUT2D eigenvalue weighted by atomic mass is 35.5. The van der Waals surface area contributed by atoms with Gasteiger partial charge in [0.25, 0.3) is 0 Å². The monoisotopic (exact) mass is 280 g/mol. The van der Waals surface area contributed by atoms with Crippen molar-refractivity contribution in [3.8, 4) is 6.07 Å². The van der Waals surface area contributed by atoms with E-state index >= 15 is 0 Å². The first-order chi connectivity index (χ1) is 8.70. The lowest BCUT2D eigenvalue weighted by molar-refractivity contribution is -0.131. The Morgan fingerprint density at radius 2 is 2.44 bits per heavy atom. The van der Waals surface area contributed by atoms with Crippen molar-refractivity contribution in [2.24, 2.45) is 0 Å². The average molecular weight is 281 g/mol. The minimum Gasteiger partial charge on any atom is -0.325 e. The van der Waals surface area contributed by atoms with Crippen LogP contribution in [0, 0.1) is 11.3 Å². The molecule has 94 valence electrons. The predicted octanol–water partition coefficient (Wildman–Crippen LogP) is 2.35. The molecule has 0 N–H and O–H groups in total. The quantitative estimate of drug-likeness (QED) is 0.835. The fourth-order valence-electron chi connectivity index (χ4n) is 1.93. The minimum absolute atomic E-state index is 0.00381. The van der Waals surface area contributed by atoms with Gasteiger partial charge in [0.15, 0.2) is 0 Å². The Kier molecular flexibility index (Phi) is 4.51. The van der Waals surface area contributed by atoms with Crippen molar-refractivity contribution < 1.29 is 4.79 Å². The number of carbonyl (C=O) groups excluding carboxylic acids is 1. The fourth-order valence-corrected chi connectivity index (χ4v) is 3.12. The van der Waals surface area contributed by atoms with Crippen LogP contribution in [0.2, 0.25) is 5.02 Å². The fraction of sp³-hybridized carbons (Fsp3) is 0.385. The highest BCUT2D eigenvalue weighted by Gasteiger charge is 2.26. The molecule has 0 spiro atoms. The molecule has 1 saturated heterocycles. The smallest absolute Gasteiger partial charge is 0.228 e. The Morgan fingerprint density at radius 1 is 1.61 bits per heavy atom. The summed E-state index contributed by atoms with van der Waals surface area (Å²) in [6, 6.07) is 9.18. The van der Waals surface area contributed by atoms with Gasteiger partial charge in [-0.05, 0) is 17.7 Å². The molecule has 1 aromatic carbocycles. The number of rotatable bonds is 2. The molecule has 0 unspecified atom stereocenters. The SMILES string of the molecule is N#C[C@@H]1CSCCN1C(=O)Cc1cccc(Cl)c1. The van der Waals surface area contributed by atoms with Gasteiger partial charge < -0.3 is 4.90 Å². The van der Waals surface area contributed by atoms with Gasteiger partial charge in [0.05, 0.1) is 12.5 Å². The zero-order valence-corrected chi connectivity index (χ0v) is 11.4. The second-order valence-corrected chi connectivity index (χ2v) is 5.70. The first-order valence-corrected chi connectivity index (χ1v) is 7.25. The van der Waals surface area contributed by atoms with Gasteiger partial charge in [-0.1, -0.05) is 23.7 Å². The largest absolute Gasteiger partial charge is 0.325 e. The van der Waals surface area contributed by atoms with Crippen LogP contribution in [0.5, 0.6) is 0 Å². The molecule has 1 amide bonds. The highest BCUT2D eigenvalue weighted by molar-refractivity contribution is 7.99. The molecule has 0 radical (unpaired) electrons. The summed E-state index contributed by atoms with van der Waals surface area (Å²) in [5, 5.41) is 9.67. The molecule has 1 heterocycles. The van der Waals surface area contributed by atoms with Crippen molar-refractivity contribution in [2.75, 3.05) is 18.1 Å². The molecule has 1 aliphatic rings. The van der Waals surface area contributed by atoms with Crippen molar-refractivity contribution in [1.29, 1.82) is 5.26 Å². The van der Waals surface area contributed by atoms with E-state index in [9.17, 15) is 4.79 Å². The van der Waals surface area contributed by atoms with Gasteiger partial charge in [-0.2, -0.15) is 17.0 Å². The first kappa shape index (κ1) is 13.3. The number of carbonyl (C=O) groups is 1. The minimum atomic E-state index is -0.296. The molecule has 1 atom stereocenters. The zero-order valence-electron chi connectivity index (χ0n) is 9.80. The Morgan fingerprint density at radius 3 is 3.17 bits per heavy atom. The van der Waals surface area contributed by atoms with Gasteiger partial charge in [0.2, 0.25) is 5.91 Å². The van der Waals surface area contributed by atoms with Gasteiger partial charge in [-0.3, -0.25) is 4.79 Å². The topological polar surface area (TPSA) is 44.1 Å². The van der Waals surface area contributed by atoms with Crippen LogP contribution >= 0.6 is 23.4 Å². The summed E-state index contributed by atoms with van der Waals surface area (Å²) in [6.07, 6.45) is 0.309. The van der Waals surface area contributed by atoms with Crippen LogP contribution in [0.3, 0.4) is 0 Å². The zero-order chi connectivity index (χ0) is 13.0. The molecular formula is C13H13ClN2OS. The molecule has 2 rings (SSSR count). The Bertz CT molecular complexity index is 486. The number of amides is 1. The molecule has 18 heavy (non-hydrogen) atoms. The lowest BCUT2D eigenvalue weighted by Gasteiger charge is -2.31. The van der Waals surface area contributed by atoms with E-state index in [1.807, 2.05) is 12.1 Å². The third-order valence-electron chi connectivity index (χ3n) is 2.84. The van der Waals surface area contributed by atoms with Crippen molar-refractivity contribution in [1.82, 2.24) is 4.90 Å². The van der Waals surface area contributed by atoms with Crippen molar-refractivity contribution in [2.45, 2.75) is 12.5 Å². The molecule has 1 aromatic rings. The van der Waals surface area contributed by atoms with Gasteiger partial charge in [-0.15, -0.1) is 0 Å². The van der Waals surface area contributed by atoms with E-state index < -0.39 is 0 Å². The number of thioether (sulfide) groups is 1. The van der Waals surface area contributed by atoms with Gasteiger partial charge in [0, 0.05) is 23.1 Å². The molecule has 3 nitrogen and oxygen atoms in total. The van der Waals surface area contributed by atoms with E-state index in [-0.39, 0.29) is 11.9 Å². The van der Waals surface area contributed by atoms with Crippen molar-refractivity contribution in [3.63, 3.8) is 0 Å². The predicted molar refractivity (Wildman–Crippen MR) is 73.6 cm³/mol. The molecule has 0 saturated carbocycles. The molecule has 1 fully saturated rings. The van der Waals surface area contributed by atoms with Gasteiger partial charge in [-0.25, -0.2) is 0 Å². The third-order valence-corrected chi connectivity index (χ3v) is 4.10. The number of hydrogen-bond donors (Lipinski definition) is 0. The lowest BCUT2D eigenvalue weighted by atomic mass is 10.1. The first-order valence-electron chi connectivity index (χ1n) is 5.72. The van der Waals surface area contributed by atoms with Crippen LogP contribution in [0.25, 0.3) is 0 Å². The van der Waals surface area contributed by atoms with Crippen molar-refractivity contribution >= 4 is 29.3 Å². The number of benzene rings is 1. The second-order valence-electron chi connectivity index (χ2n) is 4.11. The number of halogens is 1. The maximum atomic E-state index is 12.2. The summed E-state index contributed by atoms with van der Waals surface area (Å²) in [4.78, 5) is 13.8. The summed E-state index contributed by atoms with van der Waals surface area (Å²) in [5.41, 5.74) is 0.891. The van der Waals surface area contributed by atoms with E-state index in [4.69, 9.17) is 16.9 Å². The summed E-state index contributed by atoms with van der Waals surface area (Å²) in [7, 11) is 0. The van der Waals surface area contributed by atoms with E-state index in [0.717, 1.165) is 11.3 Å². The Labute approximate surface area is 116 Å². The number of hydrogen-bond acceptors (Lipinski definition) is 3. The highest BCUT2D eigenvalue weighted by Crippen LogP contribution is 2.18. The summed E-state index contributed by atoms with van der Waals surface area (Å²) in [5.74, 6) is 1.61. The molecule has 0 aliphatic carbocycles. The van der Waals surface area contributed by atoms with E-state index in [2.05, 4.69) is 6.07 Å². The number of nitriles is 1. The van der Waals surface area contributed by atoms with Gasteiger partial charge >= 0.3 is 0 Å². The van der Waals surface area contributed by atoms with E-state index in [0.29, 0.717) is 23.7 Å². The Balaban J connectivity index is 2.05. The van der Waals surface area contributed by atoms with E-state index in [1.54, 1.807) is 28.8 Å². The summed E-state index contributed by atoms with van der Waals surface area (Å²) >= 11 is 7.61. The van der Waals surface area contributed by atoms with Crippen LogP contribution in [0.15, 0.2) is 24.3 Å². The third kappa shape index (κ3) is 3.18. The number of nitrogens with zero attached hydrogens (tertiary/aromatic N) is 2. The van der Waals surface area contributed by atoms with E-state index in [1.165, 1.54) is 0 Å². The molecule has 0 aromatic heterocycles.